The van der Waals surface area contributed by atoms with Crippen molar-refractivity contribution in [2.45, 2.75) is 20.3 Å². The minimum Gasteiger partial charge on any atom is -0.379 e. The highest BCUT2D eigenvalue weighted by atomic mass is 32.1. The van der Waals surface area contributed by atoms with Crippen LogP contribution in [0.5, 0.6) is 0 Å². The summed E-state index contributed by atoms with van der Waals surface area (Å²) < 4.78 is 5.35. The summed E-state index contributed by atoms with van der Waals surface area (Å²) in [7, 11) is 0. The van der Waals surface area contributed by atoms with Crippen LogP contribution in [0.3, 0.4) is 0 Å². The maximum Gasteiger partial charge on any atom is 0.187 e. The van der Waals surface area contributed by atoms with E-state index in [-0.39, 0.29) is 0 Å². The lowest BCUT2D eigenvalue weighted by molar-refractivity contribution is 0.0389. The number of hydrogen-bond acceptors (Lipinski definition) is 4. The number of morpholine rings is 1. The van der Waals surface area contributed by atoms with Gasteiger partial charge in [0.05, 0.1) is 18.9 Å². The first-order chi connectivity index (χ1) is 11.6. The standard InChI is InChI=1S/C18H28N4OS/c1-15(2)14-17(16-6-4-3-5-7-16)20-21-18(24)19-8-9-22-10-12-23-13-11-22/h3-7,15H,8-14H2,1-2H3,(H2,19,21,24)/b20-17-. The highest BCUT2D eigenvalue weighted by Gasteiger charge is 2.10. The molecule has 0 radical (unpaired) electrons. The van der Waals surface area contributed by atoms with Crippen molar-refractivity contribution in [1.29, 1.82) is 0 Å². The summed E-state index contributed by atoms with van der Waals surface area (Å²) in [6.45, 7) is 9.79. The molecule has 2 rings (SSSR count). The van der Waals surface area contributed by atoms with Gasteiger partial charge in [-0.2, -0.15) is 5.10 Å². The topological polar surface area (TPSA) is 48.9 Å². The van der Waals surface area contributed by atoms with Crippen molar-refractivity contribution < 1.29 is 4.74 Å². The largest absolute Gasteiger partial charge is 0.379 e. The van der Waals surface area contributed by atoms with Crippen molar-refractivity contribution >= 4 is 23.0 Å². The fourth-order valence-electron chi connectivity index (χ4n) is 2.56. The monoisotopic (exact) mass is 348 g/mol. The lowest BCUT2D eigenvalue weighted by Crippen LogP contribution is -2.43. The molecule has 1 heterocycles. The van der Waals surface area contributed by atoms with Crippen LogP contribution in [0.15, 0.2) is 35.4 Å². The van der Waals surface area contributed by atoms with Gasteiger partial charge in [0.1, 0.15) is 0 Å². The number of nitrogens with one attached hydrogen (secondary N) is 2. The van der Waals surface area contributed by atoms with Crippen LogP contribution in [0, 0.1) is 5.92 Å². The van der Waals surface area contributed by atoms with Crippen molar-refractivity contribution in [2.24, 2.45) is 11.0 Å². The maximum absolute atomic E-state index is 5.35. The van der Waals surface area contributed by atoms with E-state index in [0.717, 1.165) is 57.1 Å². The van der Waals surface area contributed by atoms with Crippen LogP contribution in [0.2, 0.25) is 0 Å². The Hall–Kier alpha value is -1.50. The zero-order valence-corrected chi connectivity index (χ0v) is 15.4. The first-order valence-electron chi connectivity index (χ1n) is 8.61. The van der Waals surface area contributed by atoms with E-state index in [1.807, 2.05) is 18.2 Å². The smallest absolute Gasteiger partial charge is 0.187 e. The molecule has 0 saturated carbocycles. The molecule has 1 aliphatic rings. The van der Waals surface area contributed by atoms with E-state index < -0.39 is 0 Å². The Kier molecular flexibility index (Phi) is 8.15. The van der Waals surface area contributed by atoms with Gasteiger partial charge in [-0.1, -0.05) is 44.2 Å². The van der Waals surface area contributed by atoms with Gasteiger partial charge in [0.15, 0.2) is 5.11 Å². The van der Waals surface area contributed by atoms with Crippen LogP contribution in [0.25, 0.3) is 0 Å². The van der Waals surface area contributed by atoms with Gasteiger partial charge in [-0.3, -0.25) is 10.3 Å². The number of hydrazone groups is 1. The van der Waals surface area contributed by atoms with E-state index in [1.165, 1.54) is 0 Å². The predicted molar refractivity (Wildman–Crippen MR) is 103 cm³/mol. The van der Waals surface area contributed by atoms with E-state index >= 15 is 0 Å². The lowest BCUT2D eigenvalue weighted by Gasteiger charge is -2.26. The van der Waals surface area contributed by atoms with Crippen LogP contribution in [-0.4, -0.2) is 55.1 Å². The van der Waals surface area contributed by atoms with E-state index in [1.54, 1.807) is 0 Å². The van der Waals surface area contributed by atoms with Crippen LogP contribution in [0.4, 0.5) is 0 Å². The average Bonchev–Trinajstić information content (AvgIpc) is 2.60. The molecule has 1 aromatic carbocycles. The second-order valence-corrected chi connectivity index (χ2v) is 6.75. The summed E-state index contributed by atoms with van der Waals surface area (Å²) in [5.41, 5.74) is 5.15. The van der Waals surface area contributed by atoms with E-state index in [4.69, 9.17) is 17.0 Å². The Morgan fingerprint density at radius 1 is 1.25 bits per heavy atom. The highest BCUT2D eigenvalue weighted by molar-refractivity contribution is 7.80. The summed E-state index contributed by atoms with van der Waals surface area (Å²) in [5, 5.41) is 8.32. The second-order valence-electron chi connectivity index (χ2n) is 6.34. The molecule has 6 heteroatoms. The van der Waals surface area contributed by atoms with Gasteiger partial charge in [0, 0.05) is 26.2 Å². The zero-order chi connectivity index (χ0) is 17.2. The van der Waals surface area contributed by atoms with Crippen molar-refractivity contribution in [2.75, 3.05) is 39.4 Å². The van der Waals surface area contributed by atoms with Gasteiger partial charge < -0.3 is 10.1 Å². The minimum atomic E-state index is 0.536. The number of rotatable bonds is 7. The van der Waals surface area contributed by atoms with Crippen LogP contribution < -0.4 is 10.7 Å². The van der Waals surface area contributed by atoms with E-state index in [0.29, 0.717) is 11.0 Å². The quantitative estimate of drug-likeness (QED) is 0.450. The lowest BCUT2D eigenvalue weighted by atomic mass is 10.0. The van der Waals surface area contributed by atoms with Gasteiger partial charge in [-0.25, -0.2) is 0 Å². The van der Waals surface area contributed by atoms with Gasteiger partial charge in [0.25, 0.3) is 0 Å². The van der Waals surface area contributed by atoms with Gasteiger partial charge >= 0.3 is 0 Å². The number of hydrogen-bond donors (Lipinski definition) is 2. The third kappa shape index (κ3) is 6.95. The number of thiocarbonyl (C=S) groups is 1. The Balaban J connectivity index is 1.80. The normalized spacial score (nSPS) is 16.2. The molecular formula is C18H28N4OS. The molecule has 0 aliphatic carbocycles. The van der Waals surface area contributed by atoms with Crippen LogP contribution in [0.1, 0.15) is 25.8 Å². The summed E-state index contributed by atoms with van der Waals surface area (Å²) >= 11 is 5.33. The molecule has 2 N–H and O–H groups in total. The van der Waals surface area contributed by atoms with E-state index in [2.05, 4.69) is 46.7 Å². The molecule has 0 aromatic heterocycles. The zero-order valence-electron chi connectivity index (χ0n) is 14.6. The molecule has 0 bridgehead atoms. The third-order valence-corrected chi connectivity index (χ3v) is 4.05. The first-order valence-corrected chi connectivity index (χ1v) is 9.02. The van der Waals surface area contributed by atoms with Gasteiger partial charge in [0.2, 0.25) is 0 Å². The fourth-order valence-corrected chi connectivity index (χ4v) is 2.70. The van der Waals surface area contributed by atoms with Crippen molar-refractivity contribution in [3.8, 4) is 0 Å². The second kappa shape index (κ2) is 10.4. The fraction of sp³-hybridized carbons (Fsp3) is 0.556. The van der Waals surface area contributed by atoms with Crippen LogP contribution >= 0.6 is 12.2 Å². The molecule has 0 atom stereocenters. The first kappa shape index (κ1) is 18.8. The summed E-state index contributed by atoms with van der Waals surface area (Å²) in [6.07, 6.45) is 0.910. The molecule has 1 fully saturated rings. The molecule has 1 aromatic rings. The SMILES string of the molecule is CC(C)C/C(=N/NC(=S)NCCN1CCOCC1)c1ccccc1. The Morgan fingerprint density at radius 2 is 1.96 bits per heavy atom. The molecule has 0 unspecified atom stereocenters. The van der Waals surface area contributed by atoms with Gasteiger partial charge in [-0.15, -0.1) is 0 Å². The number of ether oxygens (including phenoxy) is 1. The molecular weight excluding hydrogens is 320 g/mol. The molecule has 1 aliphatic heterocycles. The molecule has 0 spiro atoms. The Bertz CT molecular complexity index is 527. The third-order valence-electron chi connectivity index (χ3n) is 3.82. The molecule has 24 heavy (non-hydrogen) atoms. The van der Waals surface area contributed by atoms with Crippen molar-refractivity contribution in [1.82, 2.24) is 15.6 Å². The number of nitrogens with zero attached hydrogens (tertiary/aromatic N) is 2. The molecule has 1 saturated heterocycles. The highest BCUT2D eigenvalue weighted by Crippen LogP contribution is 2.10. The number of benzene rings is 1. The summed E-state index contributed by atoms with van der Waals surface area (Å²) in [5.74, 6) is 0.536. The average molecular weight is 349 g/mol. The Morgan fingerprint density at radius 3 is 2.62 bits per heavy atom. The predicted octanol–water partition coefficient (Wildman–Crippen LogP) is 2.23. The summed E-state index contributed by atoms with van der Waals surface area (Å²) in [6, 6.07) is 10.2. The van der Waals surface area contributed by atoms with Gasteiger partial charge in [-0.05, 0) is 30.1 Å². The van der Waals surface area contributed by atoms with E-state index in [9.17, 15) is 0 Å². The Labute approximate surface area is 150 Å². The minimum absolute atomic E-state index is 0.536. The summed E-state index contributed by atoms with van der Waals surface area (Å²) in [4.78, 5) is 2.37. The molecule has 5 nitrogen and oxygen atoms in total. The van der Waals surface area contributed by atoms with Crippen molar-refractivity contribution in [3.05, 3.63) is 35.9 Å². The maximum atomic E-state index is 5.35. The molecule has 132 valence electrons. The van der Waals surface area contributed by atoms with Crippen LogP contribution in [-0.2, 0) is 4.74 Å². The van der Waals surface area contributed by atoms with Crippen molar-refractivity contribution in [3.63, 3.8) is 0 Å². The molecule has 0 amide bonds.